The summed E-state index contributed by atoms with van der Waals surface area (Å²) in [4.78, 5) is 0. The summed E-state index contributed by atoms with van der Waals surface area (Å²) in [6.45, 7) is 5.34. The predicted molar refractivity (Wildman–Crippen MR) is 92.2 cm³/mol. The van der Waals surface area contributed by atoms with Crippen molar-refractivity contribution in [2.75, 3.05) is 6.54 Å². The fourth-order valence-corrected chi connectivity index (χ4v) is 3.94. The highest BCUT2D eigenvalue weighted by Crippen LogP contribution is 2.29. The van der Waals surface area contributed by atoms with Crippen molar-refractivity contribution in [1.82, 2.24) is 15.5 Å². The summed E-state index contributed by atoms with van der Waals surface area (Å²) in [5, 5.41) is 14.1. The first kappa shape index (κ1) is 16.1. The van der Waals surface area contributed by atoms with E-state index >= 15 is 0 Å². The Morgan fingerprint density at radius 3 is 2.50 bits per heavy atom. The SMILES string of the molecule is CC(C)NCCCc1nnc(-c2cc(Br)cc(Br)c2)s1. The van der Waals surface area contributed by atoms with Crippen molar-refractivity contribution in [3.05, 3.63) is 32.2 Å². The molecule has 20 heavy (non-hydrogen) atoms. The number of hydrogen-bond acceptors (Lipinski definition) is 4. The molecule has 0 aliphatic carbocycles. The van der Waals surface area contributed by atoms with Crippen LogP contribution in [0.3, 0.4) is 0 Å². The number of hydrogen-bond donors (Lipinski definition) is 1. The molecule has 0 bridgehead atoms. The molecule has 3 nitrogen and oxygen atoms in total. The third kappa shape index (κ3) is 4.91. The molecule has 0 spiro atoms. The van der Waals surface area contributed by atoms with Crippen LogP contribution in [0.15, 0.2) is 27.1 Å². The molecule has 0 aliphatic heterocycles. The maximum Gasteiger partial charge on any atom is 0.147 e. The van der Waals surface area contributed by atoms with Gasteiger partial charge in [-0.1, -0.05) is 57.0 Å². The second-order valence-electron chi connectivity index (χ2n) is 4.87. The maximum atomic E-state index is 4.29. The molecule has 0 saturated carbocycles. The van der Waals surface area contributed by atoms with Gasteiger partial charge < -0.3 is 5.32 Å². The third-order valence-corrected chi connectivity index (χ3v) is 4.64. The molecule has 2 aromatic rings. The molecule has 0 aliphatic rings. The lowest BCUT2D eigenvalue weighted by Gasteiger charge is -2.05. The summed E-state index contributed by atoms with van der Waals surface area (Å²) >= 11 is 8.67. The summed E-state index contributed by atoms with van der Waals surface area (Å²) in [5.74, 6) is 0. The number of halogens is 2. The average Bonchev–Trinajstić information content (AvgIpc) is 2.82. The van der Waals surface area contributed by atoms with Crippen molar-refractivity contribution >= 4 is 43.2 Å². The molecule has 108 valence electrons. The van der Waals surface area contributed by atoms with Gasteiger partial charge in [-0.2, -0.15) is 0 Å². The molecule has 1 aromatic heterocycles. The van der Waals surface area contributed by atoms with Crippen LogP contribution in [0.2, 0.25) is 0 Å². The van der Waals surface area contributed by atoms with Gasteiger partial charge in [0, 0.05) is 27.0 Å². The van der Waals surface area contributed by atoms with Gasteiger partial charge in [0.05, 0.1) is 0 Å². The summed E-state index contributed by atoms with van der Waals surface area (Å²) in [5.41, 5.74) is 1.09. The lowest BCUT2D eigenvalue weighted by atomic mass is 10.2. The summed E-state index contributed by atoms with van der Waals surface area (Å²) in [7, 11) is 0. The first-order valence-corrected chi connectivity index (χ1v) is 8.97. The van der Waals surface area contributed by atoms with Gasteiger partial charge in [0.15, 0.2) is 0 Å². The van der Waals surface area contributed by atoms with Crippen LogP contribution in [-0.2, 0) is 6.42 Å². The smallest absolute Gasteiger partial charge is 0.147 e. The fourth-order valence-electron chi connectivity index (χ4n) is 1.78. The van der Waals surface area contributed by atoms with Crippen LogP contribution in [-0.4, -0.2) is 22.8 Å². The number of nitrogens with zero attached hydrogens (tertiary/aromatic N) is 2. The number of nitrogens with one attached hydrogen (secondary N) is 1. The van der Waals surface area contributed by atoms with Gasteiger partial charge in [0.25, 0.3) is 0 Å². The highest BCUT2D eigenvalue weighted by molar-refractivity contribution is 9.11. The van der Waals surface area contributed by atoms with Crippen LogP contribution in [0.4, 0.5) is 0 Å². The lowest BCUT2D eigenvalue weighted by Crippen LogP contribution is -2.23. The third-order valence-electron chi connectivity index (χ3n) is 2.70. The molecule has 0 atom stereocenters. The minimum atomic E-state index is 0.541. The summed E-state index contributed by atoms with van der Waals surface area (Å²) in [6, 6.07) is 6.69. The zero-order valence-corrected chi connectivity index (χ0v) is 15.5. The standard InChI is InChI=1S/C14H17Br2N3S/c1-9(2)17-5-3-4-13-18-19-14(20-13)10-6-11(15)8-12(16)7-10/h6-9,17H,3-5H2,1-2H3. The van der Waals surface area contributed by atoms with Gasteiger partial charge in [-0.15, -0.1) is 10.2 Å². The molecule has 0 unspecified atom stereocenters. The highest BCUT2D eigenvalue weighted by Gasteiger charge is 2.08. The first-order valence-electron chi connectivity index (χ1n) is 6.57. The first-order chi connectivity index (χ1) is 9.54. The average molecular weight is 419 g/mol. The van der Waals surface area contributed by atoms with Gasteiger partial charge in [0.2, 0.25) is 0 Å². The quantitative estimate of drug-likeness (QED) is 0.693. The largest absolute Gasteiger partial charge is 0.315 e. The Morgan fingerprint density at radius 2 is 1.85 bits per heavy atom. The van der Waals surface area contributed by atoms with E-state index in [9.17, 15) is 0 Å². The van der Waals surface area contributed by atoms with Gasteiger partial charge >= 0.3 is 0 Å². The maximum absolute atomic E-state index is 4.29. The molecule has 0 amide bonds. The molecule has 6 heteroatoms. The topological polar surface area (TPSA) is 37.8 Å². The van der Waals surface area contributed by atoms with Crippen LogP contribution < -0.4 is 5.32 Å². The molecule has 1 aromatic carbocycles. The Balaban J connectivity index is 1.98. The lowest BCUT2D eigenvalue weighted by molar-refractivity contribution is 0.569. The predicted octanol–water partition coefficient (Wildman–Crippen LogP) is 4.66. The summed E-state index contributed by atoms with van der Waals surface area (Å²) in [6.07, 6.45) is 2.07. The second kappa shape index (κ2) is 7.64. The Morgan fingerprint density at radius 1 is 1.15 bits per heavy atom. The van der Waals surface area contributed by atoms with Crippen molar-refractivity contribution in [2.45, 2.75) is 32.7 Å². The number of rotatable bonds is 6. The van der Waals surface area contributed by atoms with Crippen LogP contribution in [0.25, 0.3) is 10.6 Å². The van der Waals surface area contributed by atoms with E-state index in [0.29, 0.717) is 6.04 Å². The van der Waals surface area contributed by atoms with E-state index in [1.165, 1.54) is 0 Å². The molecular weight excluding hydrogens is 402 g/mol. The fraction of sp³-hybridized carbons (Fsp3) is 0.429. The van der Waals surface area contributed by atoms with E-state index in [0.717, 1.165) is 43.9 Å². The van der Waals surface area contributed by atoms with Crippen LogP contribution in [0, 0.1) is 0 Å². The van der Waals surface area contributed by atoms with E-state index in [2.05, 4.69) is 73.4 Å². The summed E-state index contributed by atoms with van der Waals surface area (Å²) < 4.78 is 2.08. The van der Waals surface area contributed by atoms with Crippen LogP contribution >= 0.6 is 43.2 Å². The van der Waals surface area contributed by atoms with Crippen molar-refractivity contribution in [3.8, 4) is 10.6 Å². The van der Waals surface area contributed by atoms with E-state index in [1.807, 2.05) is 6.07 Å². The van der Waals surface area contributed by atoms with E-state index in [4.69, 9.17) is 0 Å². The molecule has 2 rings (SSSR count). The Labute approximate surface area is 140 Å². The van der Waals surface area contributed by atoms with Crippen molar-refractivity contribution < 1.29 is 0 Å². The van der Waals surface area contributed by atoms with E-state index < -0.39 is 0 Å². The van der Waals surface area contributed by atoms with Gasteiger partial charge in [-0.25, -0.2) is 0 Å². The van der Waals surface area contributed by atoms with Crippen molar-refractivity contribution in [2.24, 2.45) is 0 Å². The Hall–Kier alpha value is -0.300. The highest BCUT2D eigenvalue weighted by atomic mass is 79.9. The number of benzene rings is 1. The molecule has 0 saturated heterocycles. The minimum Gasteiger partial charge on any atom is -0.315 e. The van der Waals surface area contributed by atoms with E-state index in [-0.39, 0.29) is 0 Å². The van der Waals surface area contributed by atoms with Gasteiger partial charge in [0.1, 0.15) is 10.0 Å². The van der Waals surface area contributed by atoms with Gasteiger partial charge in [-0.3, -0.25) is 0 Å². The minimum absolute atomic E-state index is 0.541. The van der Waals surface area contributed by atoms with Crippen LogP contribution in [0.1, 0.15) is 25.3 Å². The molecule has 0 radical (unpaired) electrons. The van der Waals surface area contributed by atoms with Crippen molar-refractivity contribution in [1.29, 1.82) is 0 Å². The van der Waals surface area contributed by atoms with Crippen molar-refractivity contribution in [3.63, 3.8) is 0 Å². The monoisotopic (exact) mass is 417 g/mol. The second-order valence-corrected chi connectivity index (χ2v) is 7.76. The normalized spacial score (nSPS) is 11.2. The molecule has 1 N–H and O–H groups in total. The zero-order valence-electron chi connectivity index (χ0n) is 11.5. The molecule has 0 fully saturated rings. The number of aryl methyl sites for hydroxylation is 1. The van der Waals surface area contributed by atoms with Crippen LogP contribution in [0.5, 0.6) is 0 Å². The van der Waals surface area contributed by atoms with Gasteiger partial charge in [-0.05, 0) is 31.2 Å². The number of aromatic nitrogens is 2. The van der Waals surface area contributed by atoms with E-state index in [1.54, 1.807) is 11.3 Å². The Bertz CT molecular complexity index is 549. The molecular formula is C14H17Br2N3S. The zero-order chi connectivity index (χ0) is 14.5. The molecule has 1 heterocycles. The Kier molecular flexibility index (Phi) is 6.14.